The van der Waals surface area contributed by atoms with Crippen LogP contribution in [-0.4, -0.2) is 32.3 Å². The maximum Gasteiger partial charge on any atom is 0.155 e. The molecule has 7 nitrogen and oxygen atoms in total. The number of rotatable bonds is 5. The summed E-state index contributed by atoms with van der Waals surface area (Å²) < 4.78 is 15.7. The molecule has 8 heteroatoms. The van der Waals surface area contributed by atoms with E-state index in [-0.39, 0.29) is 12.0 Å². The Kier molecular flexibility index (Phi) is 4.51. The van der Waals surface area contributed by atoms with Gasteiger partial charge in [-0.3, -0.25) is 4.98 Å². The summed E-state index contributed by atoms with van der Waals surface area (Å²) in [6.07, 6.45) is 3.30. The van der Waals surface area contributed by atoms with Crippen molar-refractivity contribution in [2.24, 2.45) is 0 Å². The van der Waals surface area contributed by atoms with E-state index in [9.17, 15) is 4.39 Å². The summed E-state index contributed by atoms with van der Waals surface area (Å²) in [5.41, 5.74) is 5.76. The average molecular weight is 401 g/mol. The minimum absolute atomic E-state index is 0.150. The second kappa shape index (κ2) is 7.47. The second-order valence-electron chi connectivity index (χ2n) is 7.10. The molecule has 4 aromatic rings. The summed E-state index contributed by atoms with van der Waals surface area (Å²) in [7, 11) is 0. The third-order valence-corrected chi connectivity index (χ3v) is 4.96. The molecule has 1 aliphatic heterocycles. The van der Waals surface area contributed by atoms with Crippen molar-refractivity contribution in [3.05, 3.63) is 89.9 Å². The van der Waals surface area contributed by atoms with E-state index in [4.69, 9.17) is 0 Å². The predicted octanol–water partition coefficient (Wildman–Crippen LogP) is 3.03. The van der Waals surface area contributed by atoms with Crippen LogP contribution in [0.4, 0.5) is 10.1 Å². The Morgan fingerprint density at radius 2 is 1.90 bits per heavy atom. The van der Waals surface area contributed by atoms with Crippen molar-refractivity contribution in [3.63, 3.8) is 0 Å². The molecular weight excluding hydrogens is 381 g/mol. The molecule has 0 saturated heterocycles. The van der Waals surface area contributed by atoms with Crippen molar-refractivity contribution in [2.75, 3.05) is 11.9 Å². The first kappa shape index (κ1) is 18.1. The number of fused-ring (bicyclic) bond motifs is 1. The molecule has 0 aliphatic carbocycles. The highest BCUT2D eigenvalue weighted by molar-refractivity contribution is 5.90. The third-order valence-electron chi connectivity index (χ3n) is 4.96. The van der Waals surface area contributed by atoms with Crippen LogP contribution >= 0.6 is 0 Å². The van der Waals surface area contributed by atoms with Crippen molar-refractivity contribution < 1.29 is 4.39 Å². The minimum Gasteiger partial charge on any atom is -0.379 e. The Bertz CT molecular complexity index is 1250. The van der Waals surface area contributed by atoms with E-state index in [0.717, 1.165) is 34.0 Å². The van der Waals surface area contributed by atoms with Gasteiger partial charge in [-0.05, 0) is 43.3 Å². The molecule has 1 aromatic carbocycles. The molecule has 1 unspecified atom stereocenters. The molecule has 3 N–H and O–H groups in total. The molecule has 4 heterocycles. The van der Waals surface area contributed by atoms with Gasteiger partial charge >= 0.3 is 0 Å². The number of pyridine rings is 2. The van der Waals surface area contributed by atoms with E-state index < -0.39 is 0 Å². The quantitative estimate of drug-likeness (QED) is 0.477. The van der Waals surface area contributed by atoms with Gasteiger partial charge in [0.05, 0.1) is 29.3 Å². The number of halogens is 1. The normalized spacial score (nSPS) is 15.9. The summed E-state index contributed by atoms with van der Waals surface area (Å²) in [6, 6.07) is 16.5. The largest absolute Gasteiger partial charge is 0.379 e. The minimum atomic E-state index is -0.277. The van der Waals surface area contributed by atoms with Gasteiger partial charge in [-0.15, -0.1) is 0 Å². The van der Waals surface area contributed by atoms with Gasteiger partial charge in [0, 0.05) is 17.5 Å². The van der Waals surface area contributed by atoms with Crippen molar-refractivity contribution in [1.82, 2.24) is 30.2 Å². The van der Waals surface area contributed by atoms with Gasteiger partial charge in [-0.2, -0.15) is 5.10 Å². The SMILES string of the molecule is Cc1cccc(C2=C(c3ccc4ncnn4c3)NC(CNc3ccccc3F)N2)n1. The van der Waals surface area contributed by atoms with Gasteiger partial charge in [0.15, 0.2) is 5.65 Å². The van der Waals surface area contributed by atoms with Crippen LogP contribution in [0.15, 0.2) is 67.1 Å². The maximum absolute atomic E-state index is 14.0. The second-order valence-corrected chi connectivity index (χ2v) is 7.10. The lowest BCUT2D eigenvalue weighted by atomic mass is 10.1. The van der Waals surface area contributed by atoms with Gasteiger partial charge in [0.1, 0.15) is 18.3 Å². The monoisotopic (exact) mass is 401 g/mol. The number of hydrogen-bond donors (Lipinski definition) is 3. The summed E-state index contributed by atoms with van der Waals surface area (Å²) >= 11 is 0. The molecule has 150 valence electrons. The first-order valence-corrected chi connectivity index (χ1v) is 9.67. The standard InChI is InChI=1S/C22H20FN7/c1-14-5-4-8-18(27-14)22-21(15-9-10-20-25-13-26-30(20)12-15)28-19(29-22)11-24-17-7-3-2-6-16(17)23/h2-10,12-13,19,24,28-29H,11H2,1H3. The number of aromatic nitrogens is 4. The lowest BCUT2D eigenvalue weighted by molar-refractivity contribution is 0.597. The molecule has 3 aromatic heterocycles. The number of nitrogens with zero attached hydrogens (tertiary/aromatic N) is 4. The Morgan fingerprint density at radius 3 is 2.77 bits per heavy atom. The number of aryl methyl sites for hydroxylation is 1. The smallest absolute Gasteiger partial charge is 0.155 e. The van der Waals surface area contributed by atoms with Crippen LogP contribution in [0, 0.1) is 12.7 Å². The number of para-hydroxylation sites is 1. The van der Waals surface area contributed by atoms with Gasteiger partial charge in [0.2, 0.25) is 0 Å². The summed E-state index contributed by atoms with van der Waals surface area (Å²) in [5.74, 6) is -0.277. The van der Waals surface area contributed by atoms with Crippen molar-refractivity contribution in [3.8, 4) is 0 Å². The van der Waals surface area contributed by atoms with E-state index in [1.54, 1.807) is 22.7 Å². The fraction of sp³-hybridized carbons (Fsp3) is 0.136. The molecule has 5 rings (SSSR count). The molecule has 30 heavy (non-hydrogen) atoms. The van der Waals surface area contributed by atoms with E-state index >= 15 is 0 Å². The van der Waals surface area contributed by atoms with Crippen molar-refractivity contribution in [1.29, 1.82) is 0 Å². The van der Waals surface area contributed by atoms with Crippen LogP contribution in [0.2, 0.25) is 0 Å². The summed E-state index contributed by atoms with van der Waals surface area (Å²) in [6.45, 7) is 2.44. The highest BCUT2D eigenvalue weighted by Gasteiger charge is 2.26. The van der Waals surface area contributed by atoms with Gasteiger partial charge in [-0.1, -0.05) is 18.2 Å². The summed E-state index contributed by atoms with van der Waals surface area (Å²) in [5, 5.41) is 14.4. The van der Waals surface area contributed by atoms with Crippen LogP contribution in [0.1, 0.15) is 17.0 Å². The highest BCUT2D eigenvalue weighted by Crippen LogP contribution is 2.27. The van der Waals surface area contributed by atoms with Gasteiger partial charge in [-0.25, -0.2) is 13.9 Å². The van der Waals surface area contributed by atoms with Crippen molar-refractivity contribution in [2.45, 2.75) is 13.1 Å². The molecule has 0 saturated carbocycles. The Hall–Kier alpha value is -3.94. The molecule has 0 amide bonds. The fourth-order valence-corrected chi connectivity index (χ4v) is 3.52. The maximum atomic E-state index is 14.0. The highest BCUT2D eigenvalue weighted by atomic mass is 19.1. The van der Waals surface area contributed by atoms with E-state index in [2.05, 4.69) is 31.0 Å². The first-order chi connectivity index (χ1) is 14.7. The van der Waals surface area contributed by atoms with E-state index in [1.807, 2.05) is 43.5 Å². The zero-order valence-electron chi connectivity index (χ0n) is 16.3. The number of benzene rings is 1. The van der Waals surface area contributed by atoms with Gasteiger partial charge < -0.3 is 16.0 Å². The van der Waals surface area contributed by atoms with Crippen LogP contribution < -0.4 is 16.0 Å². The molecule has 1 atom stereocenters. The van der Waals surface area contributed by atoms with Crippen LogP contribution in [0.5, 0.6) is 0 Å². The number of hydrogen-bond acceptors (Lipinski definition) is 6. The molecule has 1 aliphatic rings. The number of anilines is 1. The summed E-state index contributed by atoms with van der Waals surface area (Å²) in [4.78, 5) is 8.88. The lowest BCUT2D eigenvalue weighted by Crippen LogP contribution is -2.39. The van der Waals surface area contributed by atoms with Crippen LogP contribution in [-0.2, 0) is 0 Å². The van der Waals surface area contributed by atoms with Gasteiger partial charge in [0.25, 0.3) is 0 Å². The molecule has 0 spiro atoms. The average Bonchev–Trinajstić information content (AvgIpc) is 3.39. The Labute approximate surface area is 172 Å². The molecule has 0 radical (unpaired) electrons. The van der Waals surface area contributed by atoms with Crippen LogP contribution in [0.25, 0.3) is 17.0 Å². The van der Waals surface area contributed by atoms with E-state index in [0.29, 0.717) is 12.2 Å². The lowest BCUT2D eigenvalue weighted by Gasteiger charge is -2.16. The molecule has 0 fully saturated rings. The topological polar surface area (TPSA) is 79.2 Å². The Balaban J connectivity index is 1.46. The zero-order chi connectivity index (χ0) is 20.5. The number of nitrogens with one attached hydrogen (secondary N) is 3. The van der Waals surface area contributed by atoms with Crippen LogP contribution in [0.3, 0.4) is 0 Å². The zero-order valence-corrected chi connectivity index (χ0v) is 16.3. The molecule has 0 bridgehead atoms. The first-order valence-electron chi connectivity index (χ1n) is 9.67. The predicted molar refractivity (Wildman–Crippen MR) is 114 cm³/mol. The molecular formula is C22H20FN7. The Morgan fingerprint density at radius 1 is 1.03 bits per heavy atom. The third kappa shape index (κ3) is 3.43. The van der Waals surface area contributed by atoms with Crippen molar-refractivity contribution >= 4 is 22.7 Å². The van der Waals surface area contributed by atoms with E-state index in [1.165, 1.54) is 12.4 Å². The fourth-order valence-electron chi connectivity index (χ4n) is 3.52.